The third-order valence-corrected chi connectivity index (χ3v) is 4.83. The first-order valence-corrected chi connectivity index (χ1v) is 7.97. The summed E-state index contributed by atoms with van der Waals surface area (Å²) in [5, 5.41) is 2.63. The van der Waals surface area contributed by atoms with E-state index in [0.717, 1.165) is 0 Å². The topological polar surface area (TPSA) is 101 Å². The van der Waals surface area contributed by atoms with Gasteiger partial charge in [-0.3, -0.25) is 4.79 Å². The Balaban J connectivity index is 2.23. The third-order valence-electron chi connectivity index (χ3n) is 3.03. The van der Waals surface area contributed by atoms with Crippen LogP contribution in [0, 0.1) is 0 Å². The molecule has 1 aliphatic rings. The number of hydrogen-bond acceptors (Lipinski definition) is 4. The highest BCUT2D eigenvalue weighted by Gasteiger charge is 2.26. The van der Waals surface area contributed by atoms with Crippen molar-refractivity contribution in [2.24, 2.45) is 5.73 Å². The van der Waals surface area contributed by atoms with Crippen molar-refractivity contribution < 1.29 is 13.2 Å². The van der Waals surface area contributed by atoms with E-state index in [1.807, 2.05) is 0 Å². The van der Waals surface area contributed by atoms with Crippen LogP contribution in [0.3, 0.4) is 0 Å². The molecule has 0 bridgehead atoms. The summed E-state index contributed by atoms with van der Waals surface area (Å²) in [6, 6.07) is 5.99. The van der Waals surface area contributed by atoms with Crippen LogP contribution in [-0.4, -0.2) is 31.9 Å². The number of sulfonamides is 1. The van der Waals surface area contributed by atoms with Crippen molar-refractivity contribution in [3.05, 3.63) is 29.8 Å². The van der Waals surface area contributed by atoms with Gasteiger partial charge in [0.2, 0.25) is 15.9 Å². The quantitative estimate of drug-likeness (QED) is 0.673. The molecule has 1 amide bonds. The van der Waals surface area contributed by atoms with Gasteiger partial charge in [0, 0.05) is 24.6 Å². The molecular formula is C12H15N3O3S2. The number of carbonyl (C=O) groups excluding carboxylic acids is 1. The lowest BCUT2D eigenvalue weighted by Gasteiger charge is -2.23. The van der Waals surface area contributed by atoms with Gasteiger partial charge < -0.3 is 11.1 Å². The van der Waals surface area contributed by atoms with Gasteiger partial charge in [0.15, 0.2) is 0 Å². The van der Waals surface area contributed by atoms with Crippen LogP contribution in [0.4, 0.5) is 0 Å². The van der Waals surface area contributed by atoms with Gasteiger partial charge >= 0.3 is 0 Å². The first-order chi connectivity index (χ1) is 9.40. The van der Waals surface area contributed by atoms with Crippen molar-refractivity contribution in [1.29, 1.82) is 0 Å². The minimum Gasteiger partial charge on any atom is -0.389 e. The van der Waals surface area contributed by atoms with E-state index in [-0.39, 0.29) is 28.4 Å². The van der Waals surface area contributed by atoms with Crippen LogP contribution >= 0.6 is 12.2 Å². The molecule has 0 aliphatic carbocycles. The second-order valence-corrected chi connectivity index (χ2v) is 6.64. The van der Waals surface area contributed by atoms with Crippen LogP contribution < -0.4 is 15.8 Å². The van der Waals surface area contributed by atoms with E-state index in [9.17, 15) is 13.2 Å². The Morgan fingerprint density at radius 2 is 2.10 bits per heavy atom. The van der Waals surface area contributed by atoms with Gasteiger partial charge in [-0.1, -0.05) is 30.4 Å². The Kier molecular flexibility index (Phi) is 4.36. The lowest BCUT2D eigenvalue weighted by molar-refractivity contribution is -0.122. The predicted molar refractivity (Wildman–Crippen MR) is 78.7 cm³/mol. The standard InChI is InChI=1S/C12H15N3O3S2/c13-12(19)9-3-1-2-4-10(9)20(17,18)15-8-5-6-11(16)14-7-8/h1-4,8,15H,5-7H2,(H2,13,19)(H,14,16). The van der Waals surface area contributed by atoms with Crippen molar-refractivity contribution in [3.8, 4) is 0 Å². The van der Waals surface area contributed by atoms with Crippen molar-refractivity contribution in [1.82, 2.24) is 10.0 Å². The van der Waals surface area contributed by atoms with E-state index >= 15 is 0 Å². The fourth-order valence-corrected chi connectivity index (χ4v) is 3.76. The van der Waals surface area contributed by atoms with Crippen molar-refractivity contribution in [2.75, 3.05) is 6.54 Å². The van der Waals surface area contributed by atoms with Crippen LogP contribution in [0.2, 0.25) is 0 Å². The molecule has 1 fully saturated rings. The Morgan fingerprint density at radius 1 is 1.40 bits per heavy atom. The third kappa shape index (κ3) is 3.33. The number of nitrogens with two attached hydrogens (primary N) is 1. The monoisotopic (exact) mass is 313 g/mol. The highest BCUT2D eigenvalue weighted by molar-refractivity contribution is 7.89. The second kappa shape index (κ2) is 5.86. The summed E-state index contributed by atoms with van der Waals surface area (Å²) >= 11 is 4.87. The van der Waals surface area contributed by atoms with Crippen molar-refractivity contribution in [3.63, 3.8) is 0 Å². The van der Waals surface area contributed by atoms with E-state index in [1.165, 1.54) is 6.07 Å². The molecule has 1 saturated heterocycles. The second-order valence-electron chi connectivity index (χ2n) is 4.52. The number of benzene rings is 1. The lowest BCUT2D eigenvalue weighted by Crippen LogP contribution is -2.47. The zero-order valence-corrected chi connectivity index (χ0v) is 12.3. The van der Waals surface area contributed by atoms with Crippen LogP contribution in [0.5, 0.6) is 0 Å². The maximum Gasteiger partial charge on any atom is 0.241 e. The van der Waals surface area contributed by atoms with Gasteiger partial charge in [0.25, 0.3) is 0 Å². The van der Waals surface area contributed by atoms with E-state index in [4.69, 9.17) is 18.0 Å². The van der Waals surface area contributed by atoms with Gasteiger partial charge in [-0.15, -0.1) is 0 Å². The molecule has 0 saturated carbocycles. The first kappa shape index (κ1) is 14.9. The number of rotatable bonds is 4. The SMILES string of the molecule is NC(=S)c1ccccc1S(=O)(=O)NC1CCC(=O)NC1. The van der Waals surface area contributed by atoms with E-state index in [1.54, 1.807) is 18.2 Å². The van der Waals surface area contributed by atoms with E-state index in [0.29, 0.717) is 18.4 Å². The Labute approximate surface area is 122 Å². The fourth-order valence-electron chi connectivity index (χ4n) is 2.02. The molecule has 1 aliphatic heterocycles. The summed E-state index contributed by atoms with van der Waals surface area (Å²) < 4.78 is 27.3. The maximum absolute atomic E-state index is 12.4. The average Bonchev–Trinajstić information content (AvgIpc) is 2.41. The normalized spacial score (nSPS) is 19.4. The smallest absolute Gasteiger partial charge is 0.241 e. The number of thiocarbonyl (C=S) groups is 1. The number of piperidine rings is 1. The summed E-state index contributed by atoms with van der Waals surface area (Å²) in [7, 11) is -3.72. The van der Waals surface area contributed by atoms with Gasteiger partial charge in [-0.2, -0.15) is 0 Å². The summed E-state index contributed by atoms with van der Waals surface area (Å²) in [6.45, 7) is 0.285. The largest absolute Gasteiger partial charge is 0.389 e. The average molecular weight is 313 g/mol. The van der Waals surface area contributed by atoms with Crippen molar-refractivity contribution >= 4 is 33.1 Å². The van der Waals surface area contributed by atoms with E-state index < -0.39 is 10.0 Å². The number of amides is 1. The Morgan fingerprint density at radius 3 is 2.70 bits per heavy atom. The lowest BCUT2D eigenvalue weighted by atomic mass is 10.1. The number of carbonyl (C=O) groups is 1. The zero-order valence-electron chi connectivity index (χ0n) is 10.6. The molecule has 20 heavy (non-hydrogen) atoms. The molecule has 0 radical (unpaired) electrons. The molecule has 1 unspecified atom stereocenters. The molecule has 1 atom stereocenters. The van der Waals surface area contributed by atoms with Crippen molar-refractivity contribution in [2.45, 2.75) is 23.8 Å². The number of hydrogen-bond donors (Lipinski definition) is 3. The van der Waals surface area contributed by atoms with Crippen LogP contribution in [0.15, 0.2) is 29.2 Å². The summed E-state index contributed by atoms with van der Waals surface area (Å²) in [6.07, 6.45) is 0.782. The maximum atomic E-state index is 12.4. The highest BCUT2D eigenvalue weighted by atomic mass is 32.2. The molecule has 0 spiro atoms. The molecule has 1 aromatic rings. The highest BCUT2D eigenvalue weighted by Crippen LogP contribution is 2.16. The van der Waals surface area contributed by atoms with Crippen LogP contribution in [0.25, 0.3) is 0 Å². The van der Waals surface area contributed by atoms with Crippen LogP contribution in [-0.2, 0) is 14.8 Å². The molecule has 1 aromatic carbocycles. The fraction of sp³-hybridized carbons (Fsp3) is 0.333. The number of nitrogens with one attached hydrogen (secondary N) is 2. The first-order valence-electron chi connectivity index (χ1n) is 6.08. The summed E-state index contributed by atoms with van der Waals surface area (Å²) in [5.74, 6) is -0.0658. The summed E-state index contributed by atoms with van der Waals surface area (Å²) in [4.78, 5) is 11.2. The van der Waals surface area contributed by atoms with Gasteiger partial charge in [-0.25, -0.2) is 13.1 Å². The Bertz CT molecular complexity index is 633. The molecule has 108 valence electrons. The van der Waals surface area contributed by atoms with Crippen LogP contribution in [0.1, 0.15) is 18.4 Å². The minimum atomic E-state index is -3.72. The molecule has 6 nitrogen and oxygen atoms in total. The minimum absolute atomic E-state index is 0.0305. The summed E-state index contributed by atoms with van der Waals surface area (Å²) in [5.41, 5.74) is 5.86. The molecule has 8 heteroatoms. The molecular weight excluding hydrogens is 298 g/mol. The van der Waals surface area contributed by atoms with Gasteiger partial charge in [-0.05, 0) is 12.5 Å². The molecule has 4 N–H and O–H groups in total. The van der Waals surface area contributed by atoms with Gasteiger partial charge in [0.1, 0.15) is 4.99 Å². The molecule has 2 rings (SSSR count). The predicted octanol–water partition coefficient (Wildman–Crippen LogP) is -0.122. The molecule has 1 heterocycles. The van der Waals surface area contributed by atoms with E-state index in [2.05, 4.69) is 10.0 Å². The zero-order chi connectivity index (χ0) is 14.8. The Hall–Kier alpha value is -1.51. The molecule has 0 aromatic heterocycles. The van der Waals surface area contributed by atoms with Gasteiger partial charge in [0.05, 0.1) is 4.90 Å².